The second kappa shape index (κ2) is 4.91. The normalized spacial score (nSPS) is 17.8. The molecule has 2 N–H and O–H groups in total. The summed E-state index contributed by atoms with van der Waals surface area (Å²) in [4.78, 5) is 2.35. The molecule has 1 aliphatic rings. The van der Waals surface area contributed by atoms with Crippen LogP contribution in [-0.2, 0) is 0 Å². The van der Waals surface area contributed by atoms with Crippen LogP contribution in [0.3, 0.4) is 0 Å². The molecule has 0 saturated carbocycles. The molecule has 0 amide bonds. The molecule has 16 heavy (non-hydrogen) atoms. The summed E-state index contributed by atoms with van der Waals surface area (Å²) in [5.41, 5.74) is 5.81. The summed E-state index contributed by atoms with van der Waals surface area (Å²) in [7, 11) is 0. The maximum atomic E-state index is 5.81. The summed E-state index contributed by atoms with van der Waals surface area (Å²) in [6.07, 6.45) is 2.48. The van der Waals surface area contributed by atoms with Crippen LogP contribution in [-0.4, -0.2) is 24.1 Å². The van der Waals surface area contributed by atoms with Gasteiger partial charge in [0, 0.05) is 13.1 Å². The quantitative estimate of drug-likeness (QED) is 0.882. The zero-order chi connectivity index (χ0) is 11.5. The number of piperidine rings is 1. The number of hydrogen-bond acceptors (Lipinski definition) is 5. The van der Waals surface area contributed by atoms with Crippen molar-refractivity contribution in [1.82, 2.24) is 4.37 Å². The minimum absolute atomic E-state index is 0.528. The number of ether oxygens (including phenoxy) is 1. The summed E-state index contributed by atoms with van der Waals surface area (Å²) < 4.78 is 9.75. The van der Waals surface area contributed by atoms with Crippen molar-refractivity contribution in [1.29, 1.82) is 0 Å². The molecule has 0 aromatic carbocycles. The van der Waals surface area contributed by atoms with Gasteiger partial charge >= 0.3 is 0 Å². The summed E-state index contributed by atoms with van der Waals surface area (Å²) in [5.74, 6) is 2.14. The second-order valence-electron chi connectivity index (χ2n) is 4.30. The predicted molar refractivity (Wildman–Crippen MR) is 68.3 cm³/mol. The second-order valence-corrected chi connectivity index (χ2v) is 5.06. The topological polar surface area (TPSA) is 51.4 Å². The minimum Gasteiger partial charge on any atom is -0.487 e. The van der Waals surface area contributed by atoms with E-state index >= 15 is 0 Å². The lowest BCUT2D eigenvalue weighted by Gasteiger charge is -2.31. The van der Waals surface area contributed by atoms with Gasteiger partial charge in [0.1, 0.15) is 0 Å². The van der Waals surface area contributed by atoms with Crippen molar-refractivity contribution >= 4 is 22.4 Å². The van der Waals surface area contributed by atoms with Crippen LogP contribution in [0.25, 0.3) is 0 Å². The Hall–Kier alpha value is -0.970. The Labute approximate surface area is 101 Å². The Balaban J connectivity index is 2.13. The minimum atomic E-state index is 0.528. The largest absolute Gasteiger partial charge is 0.487 e. The van der Waals surface area contributed by atoms with Gasteiger partial charge in [-0.1, -0.05) is 6.92 Å². The molecule has 5 heteroatoms. The first-order valence-corrected chi connectivity index (χ1v) is 6.62. The molecule has 0 spiro atoms. The number of rotatable bonds is 3. The van der Waals surface area contributed by atoms with Crippen molar-refractivity contribution in [2.75, 3.05) is 30.3 Å². The van der Waals surface area contributed by atoms with Crippen molar-refractivity contribution in [2.45, 2.75) is 26.7 Å². The lowest BCUT2D eigenvalue weighted by molar-refractivity contribution is 0.341. The Morgan fingerprint density at radius 2 is 2.19 bits per heavy atom. The van der Waals surface area contributed by atoms with Gasteiger partial charge in [0.05, 0.1) is 6.61 Å². The number of nitrogens with zero attached hydrogens (tertiary/aromatic N) is 2. The third-order valence-electron chi connectivity index (χ3n) is 3.02. The van der Waals surface area contributed by atoms with Gasteiger partial charge in [-0.2, -0.15) is 4.37 Å². The molecule has 0 aliphatic carbocycles. The van der Waals surface area contributed by atoms with E-state index in [1.165, 1.54) is 24.4 Å². The van der Waals surface area contributed by atoms with E-state index in [0.717, 1.165) is 29.8 Å². The van der Waals surface area contributed by atoms with Gasteiger partial charge in [0.25, 0.3) is 0 Å². The summed E-state index contributed by atoms with van der Waals surface area (Å²) in [6, 6.07) is 0. The summed E-state index contributed by atoms with van der Waals surface area (Å²) in [6.45, 7) is 7.09. The summed E-state index contributed by atoms with van der Waals surface area (Å²) >= 11 is 1.45. The predicted octanol–water partition coefficient (Wildman–Crippen LogP) is 2.36. The Morgan fingerprint density at radius 3 is 2.81 bits per heavy atom. The highest BCUT2D eigenvalue weighted by Gasteiger charge is 2.22. The summed E-state index contributed by atoms with van der Waals surface area (Å²) in [5, 5.41) is 1.10. The molecule has 0 unspecified atom stereocenters. The molecule has 1 fully saturated rings. The maximum Gasteiger partial charge on any atom is 0.197 e. The standard InChI is InChI=1S/C11H19N3OS/c1-3-15-9-10(12)13-16-11(9)14-6-4-8(2)5-7-14/h8H,3-7H2,1-2H3,(H2,12,13). The van der Waals surface area contributed by atoms with E-state index in [1.807, 2.05) is 6.92 Å². The monoisotopic (exact) mass is 241 g/mol. The van der Waals surface area contributed by atoms with E-state index in [0.29, 0.717) is 12.4 Å². The Morgan fingerprint density at radius 1 is 1.50 bits per heavy atom. The molecule has 1 saturated heterocycles. The first kappa shape index (κ1) is 11.5. The lowest BCUT2D eigenvalue weighted by Crippen LogP contribution is -2.32. The molecule has 1 aliphatic heterocycles. The molecule has 0 bridgehead atoms. The van der Waals surface area contributed by atoms with Crippen LogP contribution in [0.2, 0.25) is 0 Å². The Kier molecular flexibility index (Phi) is 3.53. The Bertz CT molecular complexity index is 345. The van der Waals surface area contributed by atoms with Gasteiger partial charge < -0.3 is 15.4 Å². The number of aromatic nitrogens is 1. The first-order chi connectivity index (χ1) is 7.72. The highest BCUT2D eigenvalue weighted by atomic mass is 32.1. The van der Waals surface area contributed by atoms with E-state index in [4.69, 9.17) is 10.5 Å². The van der Waals surface area contributed by atoms with Crippen molar-refractivity contribution < 1.29 is 4.74 Å². The smallest absolute Gasteiger partial charge is 0.197 e. The van der Waals surface area contributed by atoms with Gasteiger partial charge in [-0.3, -0.25) is 0 Å². The molecule has 1 aromatic heterocycles. The van der Waals surface area contributed by atoms with Crippen LogP contribution in [0, 0.1) is 5.92 Å². The van der Waals surface area contributed by atoms with Gasteiger partial charge in [-0.15, -0.1) is 0 Å². The fourth-order valence-electron chi connectivity index (χ4n) is 1.98. The number of anilines is 2. The third-order valence-corrected chi connectivity index (χ3v) is 3.92. The van der Waals surface area contributed by atoms with Crippen LogP contribution in [0.15, 0.2) is 0 Å². The molecular formula is C11H19N3OS. The molecule has 2 heterocycles. The first-order valence-electron chi connectivity index (χ1n) is 5.85. The zero-order valence-corrected chi connectivity index (χ0v) is 10.7. The van der Waals surface area contributed by atoms with E-state index in [9.17, 15) is 0 Å². The molecule has 4 nitrogen and oxygen atoms in total. The highest BCUT2D eigenvalue weighted by molar-refractivity contribution is 7.11. The molecular weight excluding hydrogens is 222 g/mol. The number of nitrogens with two attached hydrogens (primary N) is 1. The van der Waals surface area contributed by atoms with Crippen molar-refractivity contribution in [2.24, 2.45) is 5.92 Å². The molecule has 1 aromatic rings. The van der Waals surface area contributed by atoms with Crippen molar-refractivity contribution in [3.05, 3.63) is 0 Å². The van der Waals surface area contributed by atoms with Crippen LogP contribution < -0.4 is 15.4 Å². The fourth-order valence-corrected chi connectivity index (χ4v) is 2.79. The third kappa shape index (κ3) is 2.24. The number of nitrogen functional groups attached to an aromatic ring is 1. The van der Waals surface area contributed by atoms with Crippen LogP contribution in [0.1, 0.15) is 26.7 Å². The van der Waals surface area contributed by atoms with E-state index in [1.54, 1.807) is 0 Å². The highest BCUT2D eigenvalue weighted by Crippen LogP contribution is 2.39. The average Bonchev–Trinajstić information content (AvgIpc) is 2.63. The van der Waals surface area contributed by atoms with Gasteiger partial charge in [0.2, 0.25) is 0 Å². The maximum absolute atomic E-state index is 5.81. The van der Waals surface area contributed by atoms with E-state index in [2.05, 4.69) is 16.2 Å². The van der Waals surface area contributed by atoms with Gasteiger partial charge in [-0.25, -0.2) is 0 Å². The average molecular weight is 241 g/mol. The van der Waals surface area contributed by atoms with Crippen LogP contribution in [0.4, 0.5) is 10.8 Å². The fraction of sp³-hybridized carbons (Fsp3) is 0.727. The van der Waals surface area contributed by atoms with Crippen LogP contribution in [0.5, 0.6) is 5.75 Å². The lowest BCUT2D eigenvalue weighted by atomic mass is 9.99. The van der Waals surface area contributed by atoms with E-state index in [-0.39, 0.29) is 0 Å². The molecule has 2 rings (SSSR count). The molecule has 0 atom stereocenters. The molecule has 0 radical (unpaired) electrons. The van der Waals surface area contributed by atoms with Crippen molar-refractivity contribution in [3.63, 3.8) is 0 Å². The number of hydrogen-bond donors (Lipinski definition) is 1. The van der Waals surface area contributed by atoms with E-state index < -0.39 is 0 Å². The van der Waals surface area contributed by atoms with Crippen LogP contribution >= 0.6 is 11.5 Å². The molecule has 90 valence electrons. The van der Waals surface area contributed by atoms with Gasteiger partial charge in [-0.05, 0) is 37.2 Å². The van der Waals surface area contributed by atoms with Crippen molar-refractivity contribution in [3.8, 4) is 5.75 Å². The van der Waals surface area contributed by atoms with Gasteiger partial charge in [0.15, 0.2) is 16.6 Å². The zero-order valence-electron chi connectivity index (χ0n) is 9.90. The SMILES string of the molecule is CCOc1c(N)nsc1N1CCC(C)CC1.